The Balaban J connectivity index is 1.73. The van der Waals surface area contributed by atoms with Gasteiger partial charge in [0.1, 0.15) is 5.82 Å². The number of rotatable bonds is 4. The van der Waals surface area contributed by atoms with Gasteiger partial charge in [0.05, 0.1) is 6.61 Å². The van der Waals surface area contributed by atoms with Crippen LogP contribution in [-0.2, 0) is 0 Å². The second-order valence-corrected chi connectivity index (χ2v) is 4.21. The van der Waals surface area contributed by atoms with E-state index in [4.69, 9.17) is 10.5 Å². The largest absolute Gasteiger partial charge is 0.477 e. The lowest BCUT2D eigenvalue weighted by Gasteiger charge is -2.18. The predicted molar refractivity (Wildman–Crippen MR) is 62.2 cm³/mol. The van der Waals surface area contributed by atoms with E-state index in [9.17, 15) is 0 Å². The van der Waals surface area contributed by atoms with Crippen molar-refractivity contribution in [3.63, 3.8) is 0 Å². The minimum Gasteiger partial charge on any atom is -0.477 e. The number of nitrogens with zero attached hydrogens (tertiary/aromatic N) is 3. The third kappa shape index (κ3) is 2.82. The first-order valence-corrected chi connectivity index (χ1v) is 5.68. The van der Waals surface area contributed by atoms with E-state index in [0.29, 0.717) is 24.3 Å². The summed E-state index contributed by atoms with van der Waals surface area (Å²) < 4.78 is 5.52. The van der Waals surface area contributed by atoms with Crippen LogP contribution in [0.4, 0.5) is 5.82 Å². The van der Waals surface area contributed by atoms with Gasteiger partial charge in [-0.1, -0.05) is 0 Å². The monoisotopic (exact) mass is 222 g/mol. The average molecular weight is 222 g/mol. The van der Waals surface area contributed by atoms with Crippen LogP contribution < -0.4 is 10.5 Å². The van der Waals surface area contributed by atoms with Crippen molar-refractivity contribution >= 4 is 5.82 Å². The van der Waals surface area contributed by atoms with Crippen LogP contribution in [0.2, 0.25) is 0 Å². The fourth-order valence-electron chi connectivity index (χ4n) is 2.05. The van der Waals surface area contributed by atoms with E-state index in [-0.39, 0.29) is 0 Å². The molecule has 2 N–H and O–H groups in total. The maximum absolute atomic E-state index is 5.52. The summed E-state index contributed by atoms with van der Waals surface area (Å²) in [6, 6.07) is 4.10. The molecule has 1 unspecified atom stereocenters. The lowest BCUT2D eigenvalue weighted by atomic mass is 10.1. The van der Waals surface area contributed by atoms with Crippen molar-refractivity contribution in [1.82, 2.24) is 15.1 Å². The molecule has 0 bridgehead atoms. The second-order valence-electron chi connectivity index (χ2n) is 4.21. The Kier molecular flexibility index (Phi) is 3.56. The minimum absolute atomic E-state index is 0.419. The molecule has 0 radical (unpaired) electrons. The van der Waals surface area contributed by atoms with E-state index in [1.807, 2.05) is 0 Å². The highest BCUT2D eigenvalue weighted by molar-refractivity contribution is 5.27. The van der Waals surface area contributed by atoms with Gasteiger partial charge in [0.2, 0.25) is 5.88 Å². The molecule has 0 amide bonds. The molecule has 0 aromatic carbocycles. The number of likely N-dealkylation sites (tertiary alicyclic amines) is 1. The van der Waals surface area contributed by atoms with E-state index >= 15 is 0 Å². The summed E-state index contributed by atoms with van der Waals surface area (Å²) in [5.74, 6) is 0.970. The van der Waals surface area contributed by atoms with Gasteiger partial charge in [-0.05, 0) is 38.9 Å². The molecular formula is C11H18N4O. The first-order valence-electron chi connectivity index (χ1n) is 5.68. The number of anilines is 1. The summed E-state index contributed by atoms with van der Waals surface area (Å²) in [5, 5.41) is 7.59. The van der Waals surface area contributed by atoms with Crippen LogP contribution in [0.5, 0.6) is 5.88 Å². The Morgan fingerprint density at radius 1 is 1.50 bits per heavy atom. The average Bonchev–Trinajstić information content (AvgIpc) is 2.68. The Hall–Kier alpha value is -1.36. The number of hydrogen-bond donors (Lipinski definition) is 1. The lowest BCUT2D eigenvalue weighted by Crippen LogP contribution is -2.26. The molecule has 16 heavy (non-hydrogen) atoms. The highest BCUT2D eigenvalue weighted by Gasteiger charge is 2.20. The minimum atomic E-state index is 0.419. The maximum atomic E-state index is 5.52. The Labute approximate surface area is 95.6 Å². The van der Waals surface area contributed by atoms with E-state index < -0.39 is 0 Å². The summed E-state index contributed by atoms with van der Waals surface area (Å²) in [5.41, 5.74) is 5.44. The standard InChI is InChI=1S/C11H18N4O/c1-15-7-2-3-9(15)6-8-16-11-5-4-10(12)13-14-11/h4-5,9H,2-3,6-8H2,1H3,(H2,12,13). The molecular weight excluding hydrogens is 204 g/mol. The fraction of sp³-hybridized carbons (Fsp3) is 0.636. The number of nitrogen functional groups attached to an aromatic ring is 1. The summed E-state index contributed by atoms with van der Waals surface area (Å²) in [6.45, 7) is 1.89. The molecule has 1 aromatic rings. The quantitative estimate of drug-likeness (QED) is 0.820. The first-order chi connectivity index (χ1) is 7.75. The van der Waals surface area contributed by atoms with Crippen molar-refractivity contribution in [2.45, 2.75) is 25.3 Å². The number of aromatic nitrogens is 2. The highest BCUT2D eigenvalue weighted by atomic mass is 16.5. The van der Waals surface area contributed by atoms with Crippen LogP contribution in [0.25, 0.3) is 0 Å². The number of ether oxygens (including phenoxy) is 1. The van der Waals surface area contributed by atoms with Crippen LogP contribution in [-0.4, -0.2) is 41.3 Å². The Bertz CT molecular complexity index is 327. The van der Waals surface area contributed by atoms with Crippen LogP contribution in [0.15, 0.2) is 12.1 Å². The molecule has 0 aliphatic carbocycles. The van der Waals surface area contributed by atoms with Gasteiger partial charge in [-0.3, -0.25) is 0 Å². The van der Waals surface area contributed by atoms with Crippen LogP contribution in [0.3, 0.4) is 0 Å². The van der Waals surface area contributed by atoms with E-state index in [1.165, 1.54) is 19.4 Å². The molecule has 2 rings (SSSR count). The highest BCUT2D eigenvalue weighted by Crippen LogP contribution is 2.18. The van der Waals surface area contributed by atoms with Crippen molar-refractivity contribution in [1.29, 1.82) is 0 Å². The molecule has 5 heteroatoms. The molecule has 1 aliphatic rings. The Morgan fingerprint density at radius 3 is 3.00 bits per heavy atom. The molecule has 2 heterocycles. The Morgan fingerprint density at radius 2 is 2.38 bits per heavy atom. The van der Waals surface area contributed by atoms with Gasteiger partial charge in [-0.2, -0.15) is 0 Å². The summed E-state index contributed by atoms with van der Waals surface area (Å²) >= 11 is 0. The normalized spacial score (nSPS) is 21.2. The van der Waals surface area contributed by atoms with Crippen LogP contribution in [0, 0.1) is 0 Å². The van der Waals surface area contributed by atoms with Crippen LogP contribution >= 0.6 is 0 Å². The van der Waals surface area contributed by atoms with Gasteiger partial charge in [0, 0.05) is 12.1 Å². The molecule has 88 valence electrons. The number of hydrogen-bond acceptors (Lipinski definition) is 5. The SMILES string of the molecule is CN1CCCC1CCOc1ccc(N)nn1. The smallest absolute Gasteiger partial charge is 0.233 e. The van der Waals surface area contributed by atoms with Crippen molar-refractivity contribution in [2.24, 2.45) is 0 Å². The third-order valence-corrected chi connectivity index (χ3v) is 3.03. The van der Waals surface area contributed by atoms with E-state index in [1.54, 1.807) is 12.1 Å². The van der Waals surface area contributed by atoms with E-state index in [2.05, 4.69) is 22.1 Å². The zero-order valence-corrected chi connectivity index (χ0v) is 9.59. The fourth-order valence-corrected chi connectivity index (χ4v) is 2.05. The van der Waals surface area contributed by atoms with E-state index in [0.717, 1.165) is 6.42 Å². The molecule has 0 spiro atoms. The summed E-state index contributed by atoms with van der Waals surface area (Å²) in [6.07, 6.45) is 3.61. The van der Waals surface area contributed by atoms with Gasteiger partial charge in [0.15, 0.2) is 0 Å². The molecule has 1 atom stereocenters. The molecule has 1 fully saturated rings. The van der Waals surface area contributed by atoms with Gasteiger partial charge < -0.3 is 15.4 Å². The first kappa shape index (κ1) is 11.1. The molecule has 1 saturated heterocycles. The maximum Gasteiger partial charge on any atom is 0.233 e. The number of nitrogens with two attached hydrogens (primary N) is 1. The molecule has 0 saturated carbocycles. The molecule has 5 nitrogen and oxygen atoms in total. The van der Waals surface area contributed by atoms with Gasteiger partial charge in [-0.15, -0.1) is 10.2 Å². The lowest BCUT2D eigenvalue weighted by molar-refractivity contribution is 0.227. The summed E-state index contributed by atoms with van der Waals surface area (Å²) in [7, 11) is 2.17. The zero-order valence-electron chi connectivity index (χ0n) is 9.59. The molecule has 1 aromatic heterocycles. The van der Waals surface area contributed by atoms with Crippen molar-refractivity contribution < 1.29 is 4.74 Å². The summed E-state index contributed by atoms with van der Waals surface area (Å²) in [4.78, 5) is 2.39. The predicted octanol–water partition coefficient (Wildman–Crippen LogP) is 0.922. The van der Waals surface area contributed by atoms with Gasteiger partial charge >= 0.3 is 0 Å². The van der Waals surface area contributed by atoms with Gasteiger partial charge in [0.25, 0.3) is 0 Å². The van der Waals surface area contributed by atoms with Crippen LogP contribution in [0.1, 0.15) is 19.3 Å². The van der Waals surface area contributed by atoms with Crippen molar-refractivity contribution in [3.8, 4) is 5.88 Å². The zero-order chi connectivity index (χ0) is 11.4. The molecule has 1 aliphatic heterocycles. The van der Waals surface area contributed by atoms with Crippen molar-refractivity contribution in [3.05, 3.63) is 12.1 Å². The van der Waals surface area contributed by atoms with Gasteiger partial charge in [-0.25, -0.2) is 0 Å². The van der Waals surface area contributed by atoms with Crippen molar-refractivity contribution in [2.75, 3.05) is 25.9 Å². The third-order valence-electron chi connectivity index (χ3n) is 3.03. The topological polar surface area (TPSA) is 64.3 Å². The second kappa shape index (κ2) is 5.12.